The van der Waals surface area contributed by atoms with E-state index < -0.39 is 0 Å². The first-order valence-corrected chi connectivity index (χ1v) is 6.23. The number of aromatic nitrogens is 2. The van der Waals surface area contributed by atoms with Crippen molar-refractivity contribution in [3.8, 4) is 0 Å². The van der Waals surface area contributed by atoms with Gasteiger partial charge in [0.15, 0.2) is 0 Å². The molecule has 20 heavy (non-hydrogen) atoms. The zero-order valence-corrected chi connectivity index (χ0v) is 11.2. The van der Waals surface area contributed by atoms with Gasteiger partial charge in [0.25, 0.3) is 5.56 Å². The van der Waals surface area contributed by atoms with Crippen LogP contribution in [0.15, 0.2) is 41.6 Å². The molecule has 0 saturated heterocycles. The van der Waals surface area contributed by atoms with Crippen molar-refractivity contribution in [2.24, 2.45) is 0 Å². The molecular formula is C14H16N4O2. The van der Waals surface area contributed by atoms with Gasteiger partial charge in [-0.15, -0.1) is 0 Å². The van der Waals surface area contributed by atoms with Crippen LogP contribution in [0.4, 0.5) is 11.4 Å². The van der Waals surface area contributed by atoms with Crippen LogP contribution in [0.2, 0.25) is 0 Å². The van der Waals surface area contributed by atoms with Gasteiger partial charge < -0.3 is 11.1 Å². The van der Waals surface area contributed by atoms with Crippen LogP contribution < -0.4 is 16.6 Å². The van der Waals surface area contributed by atoms with Gasteiger partial charge in [-0.05, 0) is 24.6 Å². The molecule has 0 unspecified atom stereocenters. The number of hydrogen-bond acceptors (Lipinski definition) is 4. The van der Waals surface area contributed by atoms with Gasteiger partial charge in [-0.1, -0.05) is 6.07 Å². The molecular weight excluding hydrogens is 256 g/mol. The van der Waals surface area contributed by atoms with Crippen LogP contribution in [-0.2, 0) is 11.3 Å². The fraction of sp³-hybridized carbons (Fsp3) is 0.214. The van der Waals surface area contributed by atoms with Crippen molar-refractivity contribution >= 4 is 17.3 Å². The molecule has 0 aliphatic carbocycles. The molecule has 6 nitrogen and oxygen atoms in total. The molecule has 0 atom stereocenters. The Morgan fingerprint density at radius 3 is 2.95 bits per heavy atom. The number of aryl methyl sites for hydroxylation is 1. The molecule has 0 aliphatic rings. The lowest BCUT2D eigenvalue weighted by atomic mass is 10.1. The van der Waals surface area contributed by atoms with Crippen LogP contribution in [0.3, 0.4) is 0 Å². The van der Waals surface area contributed by atoms with Gasteiger partial charge in [-0.25, -0.2) is 4.98 Å². The fourth-order valence-corrected chi connectivity index (χ4v) is 1.77. The number of nitrogens with zero attached hydrogens (tertiary/aromatic N) is 2. The molecule has 2 rings (SSSR count). The highest BCUT2D eigenvalue weighted by atomic mass is 16.1. The largest absolute Gasteiger partial charge is 0.398 e. The van der Waals surface area contributed by atoms with Crippen molar-refractivity contribution in [1.29, 1.82) is 0 Å². The number of nitrogens with two attached hydrogens (primary N) is 1. The van der Waals surface area contributed by atoms with E-state index in [4.69, 9.17) is 5.73 Å². The summed E-state index contributed by atoms with van der Waals surface area (Å²) < 4.78 is 1.39. The second-order valence-electron chi connectivity index (χ2n) is 4.43. The van der Waals surface area contributed by atoms with Gasteiger partial charge in [-0.2, -0.15) is 0 Å². The standard InChI is InChI=1S/C14H16N4O2/c1-10-11(15)3-2-4-12(10)17-13(19)6-8-18-9-16-7-5-14(18)20/h2-5,7,9H,6,8,15H2,1H3,(H,17,19). The zero-order valence-electron chi connectivity index (χ0n) is 11.2. The van der Waals surface area contributed by atoms with E-state index in [1.807, 2.05) is 6.92 Å². The topological polar surface area (TPSA) is 90.0 Å². The lowest BCUT2D eigenvalue weighted by Gasteiger charge is -2.10. The van der Waals surface area contributed by atoms with Crippen LogP contribution in [0.5, 0.6) is 0 Å². The molecule has 2 aromatic rings. The summed E-state index contributed by atoms with van der Waals surface area (Å²) in [5.74, 6) is -0.172. The monoisotopic (exact) mass is 272 g/mol. The van der Waals surface area contributed by atoms with Crippen LogP contribution in [-0.4, -0.2) is 15.5 Å². The van der Waals surface area contributed by atoms with Crippen molar-refractivity contribution in [2.75, 3.05) is 11.1 Å². The smallest absolute Gasteiger partial charge is 0.253 e. The summed E-state index contributed by atoms with van der Waals surface area (Å²) in [5.41, 5.74) is 7.76. The van der Waals surface area contributed by atoms with Gasteiger partial charge in [0.2, 0.25) is 5.91 Å². The third-order valence-corrected chi connectivity index (χ3v) is 3.02. The SMILES string of the molecule is Cc1c(N)cccc1NC(=O)CCn1cnccc1=O. The highest BCUT2D eigenvalue weighted by molar-refractivity contribution is 5.92. The first kappa shape index (κ1) is 13.8. The van der Waals surface area contributed by atoms with E-state index in [1.165, 1.54) is 23.2 Å². The summed E-state index contributed by atoms with van der Waals surface area (Å²) in [5, 5.41) is 2.79. The van der Waals surface area contributed by atoms with Gasteiger partial charge in [0, 0.05) is 36.6 Å². The van der Waals surface area contributed by atoms with Gasteiger partial charge in [0.05, 0.1) is 6.33 Å². The molecule has 0 bridgehead atoms. The molecule has 0 aliphatic heterocycles. The van der Waals surface area contributed by atoms with Crippen LogP contribution in [0.1, 0.15) is 12.0 Å². The van der Waals surface area contributed by atoms with Gasteiger partial charge >= 0.3 is 0 Å². The summed E-state index contributed by atoms with van der Waals surface area (Å²) in [7, 11) is 0. The number of rotatable bonds is 4. The quantitative estimate of drug-likeness (QED) is 0.817. The molecule has 3 N–H and O–H groups in total. The number of carbonyl (C=O) groups is 1. The van der Waals surface area contributed by atoms with E-state index >= 15 is 0 Å². The minimum absolute atomic E-state index is 0.172. The summed E-state index contributed by atoms with van der Waals surface area (Å²) in [6.45, 7) is 2.14. The number of hydrogen-bond donors (Lipinski definition) is 2. The van der Waals surface area contributed by atoms with E-state index in [2.05, 4.69) is 10.3 Å². The Labute approximate surface area is 116 Å². The molecule has 0 fully saturated rings. The van der Waals surface area contributed by atoms with Crippen LogP contribution >= 0.6 is 0 Å². The first-order valence-electron chi connectivity index (χ1n) is 6.23. The summed E-state index contributed by atoms with van der Waals surface area (Å²) in [4.78, 5) is 27.2. The normalized spacial score (nSPS) is 10.2. The summed E-state index contributed by atoms with van der Waals surface area (Å²) >= 11 is 0. The fourth-order valence-electron chi connectivity index (χ4n) is 1.77. The lowest BCUT2D eigenvalue weighted by Crippen LogP contribution is -2.22. The maximum Gasteiger partial charge on any atom is 0.253 e. The van der Waals surface area contributed by atoms with Crippen molar-refractivity contribution in [1.82, 2.24) is 9.55 Å². The predicted octanol–water partition coefficient (Wildman–Crippen LogP) is 1.16. The van der Waals surface area contributed by atoms with Crippen molar-refractivity contribution in [3.05, 3.63) is 52.7 Å². The average molecular weight is 272 g/mol. The molecule has 6 heteroatoms. The maximum absolute atomic E-state index is 11.9. The van der Waals surface area contributed by atoms with E-state index in [1.54, 1.807) is 18.2 Å². The summed E-state index contributed by atoms with van der Waals surface area (Å²) in [6, 6.07) is 6.71. The number of carbonyl (C=O) groups excluding carboxylic acids is 1. The van der Waals surface area contributed by atoms with Gasteiger partial charge in [0.1, 0.15) is 0 Å². The van der Waals surface area contributed by atoms with Crippen LogP contribution in [0, 0.1) is 6.92 Å². The van der Waals surface area contributed by atoms with E-state index in [0.29, 0.717) is 17.9 Å². The molecule has 0 radical (unpaired) electrons. The Balaban J connectivity index is 1.98. The number of benzene rings is 1. The minimum atomic E-state index is -0.173. The Hall–Kier alpha value is -2.63. The Morgan fingerprint density at radius 2 is 2.20 bits per heavy atom. The number of amides is 1. The lowest BCUT2D eigenvalue weighted by molar-refractivity contribution is -0.116. The molecule has 1 aromatic carbocycles. The van der Waals surface area contributed by atoms with E-state index in [0.717, 1.165) is 5.56 Å². The third kappa shape index (κ3) is 3.23. The van der Waals surface area contributed by atoms with E-state index in [-0.39, 0.29) is 17.9 Å². The highest BCUT2D eigenvalue weighted by Crippen LogP contribution is 2.20. The molecule has 1 heterocycles. The molecule has 1 amide bonds. The molecule has 104 valence electrons. The number of nitrogen functional groups attached to an aromatic ring is 1. The Morgan fingerprint density at radius 1 is 1.40 bits per heavy atom. The highest BCUT2D eigenvalue weighted by Gasteiger charge is 2.07. The van der Waals surface area contributed by atoms with Gasteiger partial charge in [-0.3, -0.25) is 14.2 Å². The molecule has 0 spiro atoms. The molecule has 1 aromatic heterocycles. The van der Waals surface area contributed by atoms with E-state index in [9.17, 15) is 9.59 Å². The van der Waals surface area contributed by atoms with Crippen LogP contribution in [0.25, 0.3) is 0 Å². The third-order valence-electron chi connectivity index (χ3n) is 3.02. The second kappa shape index (κ2) is 6.01. The molecule has 0 saturated carbocycles. The first-order chi connectivity index (χ1) is 9.58. The zero-order chi connectivity index (χ0) is 14.5. The van der Waals surface area contributed by atoms with Crippen molar-refractivity contribution in [3.63, 3.8) is 0 Å². The second-order valence-corrected chi connectivity index (χ2v) is 4.43. The summed E-state index contributed by atoms with van der Waals surface area (Å²) in [6.07, 6.45) is 3.04. The number of nitrogens with one attached hydrogen (secondary N) is 1. The Kier molecular flexibility index (Phi) is 4.14. The predicted molar refractivity (Wildman–Crippen MR) is 77.3 cm³/mol. The van der Waals surface area contributed by atoms with Crippen molar-refractivity contribution in [2.45, 2.75) is 19.9 Å². The Bertz CT molecular complexity index is 679. The van der Waals surface area contributed by atoms with Crippen molar-refractivity contribution < 1.29 is 4.79 Å². The average Bonchev–Trinajstić information content (AvgIpc) is 2.43. The maximum atomic E-state index is 11.9. The number of anilines is 2. The minimum Gasteiger partial charge on any atom is -0.398 e.